The Morgan fingerprint density at radius 1 is 0.577 bits per heavy atom. The molecule has 0 bridgehead atoms. The van der Waals surface area contributed by atoms with Crippen molar-refractivity contribution in [1.29, 1.82) is 0 Å². The topological polar surface area (TPSA) is 109 Å². The van der Waals surface area contributed by atoms with E-state index in [9.17, 15) is 16.8 Å². The third kappa shape index (κ3) is 16.0. The fourth-order valence-corrected chi connectivity index (χ4v) is 2.12. The van der Waals surface area contributed by atoms with Crippen LogP contribution >= 0.6 is 0 Å². The first-order chi connectivity index (χ1) is 11.2. The standard InChI is InChI=1S/2C8H8O3S.2Na/c2*9-12(10,11)7-6-8-4-2-1-3-5-8;;/h2*1-7H,(H,9,10,11);;. The molecule has 0 amide bonds. The van der Waals surface area contributed by atoms with Crippen LogP contribution in [0.4, 0.5) is 0 Å². The van der Waals surface area contributed by atoms with Gasteiger partial charge in [0.25, 0.3) is 20.2 Å². The zero-order chi connectivity index (χ0) is 18.1. The minimum atomic E-state index is -4.00. The first kappa shape index (κ1) is 28.0. The van der Waals surface area contributed by atoms with Gasteiger partial charge in [-0.15, -0.1) is 0 Å². The van der Waals surface area contributed by atoms with E-state index in [2.05, 4.69) is 0 Å². The van der Waals surface area contributed by atoms with Gasteiger partial charge in [0.2, 0.25) is 0 Å². The summed E-state index contributed by atoms with van der Waals surface area (Å²) >= 11 is 0. The first-order valence-corrected chi connectivity index (χ1v) is 9.58. The minimum absolute atomic E-state index is 0. The van der Waals surface area contributed by atoms with Crippen LogP contribution in [0.25, 0.3) is 12.2 Å². The van der Waals surface area contributed by atoms with E-state index < -0.39 is 20.2 Å². The van der Waals surface area contributed by atoms with Crippen LogP contribution in [-0.4, -0.2) is 85.1 Å². The molecule has 0 heterocycles. The molecule has 0 fully saturated rings. The summed E-state index contributed by atoms with van der Waals surface area (Å²) in [6.45, 7) is 0. The van der Waals surface area contributed by atoms with Crippen LogP contribution in [0.5, 0.6) is 0 Å². The molecule has 2 rings (SSSR count). The quantitative estimate of drug-likeness (QED) is 0.587. The summed E-state index contributed by atoms with van der Waals surface area (Å²) < 4.78 is 57.8. The van der Waals surface area contributed by atoms with E-state index in [4.69, 9.17) is 9.11 Å². The predicted molar refractivity (Wildman–Crippen MR) is 106 cm³/mol. The number of hydrogen-bond acceptors (Lipinski definition) is 4. The molecule has 6 nitrogen and oxygen atoms in total. The molecule has 2 aromatic carbocycles. The van der Waals surface area contributed by atoms with E-state index in [1.54, 1.807) is 48.5 Å². The van der Waals surface area contributed by atoms with Crippen LogP contribution in [0.15, 0.2) is 71.5 Å². The van der Waals surface area contributed by atoms with Gasteiger partial charge in [-0.05, 0) is 23.3 Å². The van der Waals surface area contributed by atoms with E-state index in [1.165, 1.54) is 12.2 Å². The van der Waals surface area contributed by atoms with Crippen molar-refractivity contribution < 1.29 is 25.9 Å². The van der Waals surface area contributed by atoms with Crippen molar-refractivity contribution in [2.24, 2.45) is 0 Å². The summed E-state index contributed by atoms with van der Waals surface area (Å²) in [6.07, 6.45) is 2.66. The van der Waals surface area contributed by atoms with Gasteiger partial charge in [-0.25, -0.2) is 0 Å². The van der Waals surface area contributed by atoms with Gasteiger partial charge in [0, 0.05) is 59.1 Å². The Labute approximate surface area is 198 Å². The SMILES string of the molecule is O=S(=O)(O)C=Cc1ccccc1.O=S(=O)(O)C=Cc1ccccc1.[Na].[Na]. The van der Waals surface area contributed by atoms with Crippen LogP contribution in [-0.2, 0) is 20.2 Å². The van der Waals surface area contributed by atoms with E-state index in [0.29, 0.717) is 0 Å². The van der Waals surface area contributed by atoms with Crippen molar-refractivity contribution in [2.45, 2.75) is 0 Å². The fraction of sp³-hybridized carbons (Fsp3) is 0. The van der Waals surface area contributed by atoms with Crippen LogP contribution in [0, 0.1) is 0 Å². The summed E-state index contributed by atoms with van der Waals surface area (Å²) in [5, 5.41) is 1.50. The first-order valence-electron chi connectivity index (χ1n) is 6.57. The molecule has 2 N–H and O–H groups in total. The summed E-state index contributed by atoms with van der Waals surface area (Å²) in [6, 6.07) is 17.7. The molecule has 0 saturated heterocycles. The minimum Gasteiger partial charge on any atom is -0.282 e. The van der Waals surface area contributed by atoms with Crippen molar-refractivity contribution in [3.8, 4) is 0 Å². The van der Waals surface area contributed by atoms with Crippen LogP contribution in [0.3, 0.4) is 0 Å². The second-order valence-electron chi connectivity index (χ2n) is 4.46. The van der Waals surface area contributed by atoms with Crippen molar-refractivity contribution in [3.63, 3.8) is 0 Å². The zero-order valence-electron chi connectivity index (χ0n) is 14.4. The monoisotopic (exact) mass is 414 g/mol. The molecule has 130 valence electrons. The summed E-state index contributed by atoms with van der Waals surface area (Å²) in [4.78, 5) is 0. The van der Waals surface area contributed by atoms with E-state index in [0.717, 1.165) is 21.9 Å². The molecule has 0 atom stereocenters. The maximum atomic E-state index is 10.3. The number of benzene rings is 2. The third-order valence-electron chi connectivity index (χ3n) is 2.46. The van der Waals surface area contributed by atoms with Crippen molar-refractivity contribution >= 4 is 91.5 Å². The Morgan fingerprint density at radius 2 is 0.846 bits per heavy atom. The van der Waals surface area contributed by atoms with Gasteiger partial charge in [-0.3, -0.25) is 9.11 Å². The maximum Gasteiger partial charge on any atom is 0.287 e. The fourth-order valence-electron chi connectivity index (χ4n) is 1.46. The second kappa shape index (κ2) is 13.8. The van der Waals surface area contributed by atoms with Crippen molar-refractivity contribution in [3.05, 3.63) is 82.6 Å². The molecule has 0 aliphatic rings. The summed E-state index contributed by atoms with van der Waals surface area (Å²) in [5.74, 6) is 0. The van der Waals surface area contributed by atoms with Gasteiger partial charge in [-0.2, -0.15) is 16.8 Å². The van der Waals surface area contributed by atoms with E-state index >= 15 is 0 Å². The van der Waals surface area contributed by atoms with Crippen molar-refractivity contribution in [2.75, 3.05) is 0 Å². The molecule has 0 aliphatic carbocycles. The van der Waals surface area contributed by atoms with Crippen molar-refractivity contribution in [1.82, 2.24) is 0 Å². The smallest absolute Gasteiger partial charge is 0.282 e. The summed E-state index contributed by atoms with van der Waals surface area (Å²) in [5.41, 5.74) is 1.46. The molecular formula is C16H16Na2O6S2. The largest absolute Gasteiger partial charge is 0.287 e. The van der Waals surface area contributed by atoms with Gasteiger partial charge in [0.1, 0.15) is 0 Å². The second-order valence-corrected chi connectivity index (χ2v) is 7.06. The Morgan fingerprint density at radius 3 is 1.08 bits per heavy atom. The molecule has 0 aromatic heterocycles. The van der Waals surface area contributed by atoms with Crippen LogP contribution in [0.2, 0.25) is 0 Å². The van der Waals surface area contributed by atoms with Gasteiger partial charge < -0.3 is 0 Å². The van der Waals surface area contributed by atoms with E-state index in [-0.39, 0.29) is 59.1 Å². The average Bonchev–Trinajstić information content (AvgIpc) is 2.52. The Kier molecular flexibility index (Phi) is 14.9. The average molecular weight is 414 g/mol. The Hall–Kier alpha value is -0.260. The van der Waals surface area contributed by atoms with Gasteiger partial charge in [-0.1, -0.05) is 60.7 Å². The Bertz CT molecular complexity index is 817. The van der Waals surface area contributed by atoms with Crippen LogP contribution < -0.4 is 0 Å². The zero-order valence-corrected chi connectivity index (χ0v) is 20.1. The normalized spacial score (nSPS) is 11.2. The van der Waals surface area contributed by atoms with Gasteiger partial charge in [0.05, 0.1) is 10.8 Å². The predicted octanol–water partition coefficient (Wildman–Crippen LogP) is 2.33. The van der Waals surface area contributed by atoms with Gasteiger partial charge >= 0.3 is 0 Å². The molecule has 2 aromatic rings. The molecule has 26 heavy (non-hydrogen) atoms. The molecule has 0 saturated carbocycles. The number of rotatable bonds is 4. The molecular weight excluding hydrogens is 398 g/mol. The molecule has 0 unspecified atom stereocenters. The van der Waals surface area contributed by atoms with Crippen LogP contribution in [0.1, 0.15) is 11.1 Å². The summed E-state index contributed by atoms with van der Waals surface area (Å²) in [7, 11) is -8.01. The number of hydrogen-bond donors (Lipinski definition) is 2. The molecule has 2 radical (unpaired) electrons. The maximum absolute atomic E-state index is 10.3. The molecule has 0 spiro atoms. The van der Waals surface area contributed by atoms with Gasteiger partial charge in [0.15, 0.2) is 0 Å². The third-order valence-corrected chi connectivity index (χ3v) is 3.42. The molecule has 0 aliphatic heterocycles. The molecule has 10 heteroatoms. The van der Waals surface area contributed by atoms with E-state index in [1.807, 2.05) is 12.1 Å². The Balaban J connectivity index is 0.